The van der Waals surface area contributed by atoms with E-state index in [1.54, 1.807) is 26.2 Å². The molecule has 0 aliphatic carbocycles. The van der Waals surface area contributed by atoms with Crippen LogP contribution in [0.25, 0.3) is 0 Å². The Balaban J connectivity index is 3.28. The summed E-state index contributed by atoms with van der Waals surface area (Å²) >= 11 is 3.38. The van der Waals surface area contributed by atoms with Gasteiger partial charge < -0.3 is 14.6 Å². The molecule has 1 aromatic carbocycles. The molecule has 0 amide bonds. The maximum absolute atomic E-state index is 9.59. The van der Waals surface area contributed by atoms with Crippen LogP contribution in [0.2, 0.25) is 0 Å². The lowest BCUT2D eigenvalue weighted by Crippen LogP contribution is -2.13. The van der Waals surface area contributed by atoms with Gasteiger partial charge in [0.15, 0.2) is 11.5 Å². The summed E-state index contributed by atoms with van der Waals surface area (Å²) in [7, 11) is 1.55. The number of nitriles is 1. The number of benzene rings is 1. The van der Waals surface area contributed by atoms with Crippen LogP contribution in [0.4, 0.5) is 0 Å². The van der Waals surface area contributed by atoms with Gasteiger partial charge in [-0.05, 0) is 47.5 Å². The van der Waals surface area contributed by atoms with Gasteiger partial charge >= 0.3 is 0 Å². The lowest BCUT2D eigenvalue weighted by Gasteiger charge is -2.17. The van der Waals surface area contributed by atoms with Gasteiger partial charge in [0.1, 0.15) is 0 Å². The molecule has 0 radical (unpaired) electrons. The first-order valence-corrected chi connectivity index (χ1v) is 6.42. The number of aliphatic hydroxyl groups is 1. The summed E-state index contributed by atoms with van der Waals surface area (Å²) in [6.45, 7) is 3.96. The predicted octanol–water partition coefficient (Wildman–Crippen LogP) is 2.84. The smallest absolute Gasteiger partial charge is 0.174 e. The second kappa shape index (κ2) is 6.62. The van der Waals surface area contributed by atoms with Crippen molar-refractivity contribution < 1.29 is 14.6 Å². The van der Waals surface area contributed by atoms with Crippen molar-refractivity contribution in [3.05, 3.63) is 22.2 Å². The molecular weight excluding hydrogens is 298 g/mol. The van der Waals surface area contributed by atoms with Gasteiger partial charge in [-0.2, -0.15) is 5.26 Å². The quantitative estimate of drug-likeness (QED) is 0.908. The summed E-state index contributed by atoms with van der Waals surface area (Å²) in [5.74, 6) is 0.555. The van der Waals surface area contributed by atoms with Gasteiger partial charge in [0.05, 0.1) is 36.3 Å². The first-order chi connectivity index (χ1) is 8.54. The highest BCUT2D eigenvalue weighted by Gasteiger charge is 2.20. The minimum absolute atomic E-state index is 0.498. The minimum Gasteiger partial charge on any atom is -0.492 e. The van der Waals surface area contributed by atoms with Gasteiger partial charge in [-0.25, -0.2) is 0 Å². The summed E-state index contributed by atoms with van der Waals surface area (Å²) in [4.78, 5) is 0. The lowest BCUT2D eigenvalue weighted by molar-refractivity contribution is 0.181. The zero-order chi connectivity index (χ0) is 13.7. The van der Waals surface area contributed by atoms with E-state index in [9.17, 15) is 5.11 Å². The third-order valence-electron chi connectivity index (χ3n) is 2.52. The van der Waals surface area contributed by atoms with E-state index in [0.717, 1.165) is 0 Å². The molecule has 1 N–H and O–H groups in total. The van der Waals surface area contributed by atoms with Crippen molar-refractivity contribution in [1.82, 2.24) is 0 Å². The highest BCUT2D eigenvalue weighted by atomic mass is 79.9. The van der Waals surface area contributed by atoms with Crippen molar-refractivity contribution in [2.24, 2.45) is 0 Å². The van der Waals surface area contributed by atoms with E-state index in [-0.39, 0.29) is 0 Å². The van der Waals surface area contributed by atoms with Crippen molar-refractivity contribution in [3.8, 4) is 17.6 Å². The zero-order valence-electron chi connectivity index (χ0n) is 10.6. The van der Waals surface area contributed by atoms with Gasteiger partial charge in [0.25, 0.3) is 0 Å². The molecule has 18 heavy (non-hydrogen) atoms. The Morgan fingerprint density at radius 2 is 2.17 bits per heavy atom. The molecule has 0 aromatic heterocycles. The van der Waals surface area contributed by atoms with Crippen molar-refractivity contribution >= 4 is 15.9 Å². The Bertz CT molecular complexity index is 454. The van der Waals surface area contributed by atoms with Crippen molar-refractivity contribution in [3.63, 3.8) is 0 Å². The SMILES string of the molecule is CCOc1cc(C(C#N)C(C)O)cc(Br)c1OC. The number of rotatable bonds is 5. The molecule has 0 saturated carbocycles. The van der Waals surface area contributed by atoms with Crippen LogP contribution in [-0.2, 0) is 0 Å². The monoisotopic (exact) mass is 313 g/mol. The highest BCUT2D eigenvalue weighted by molar-refractivity contribution is 9.10. The molecule has 1 rings (SSSR count). The fourth-order valence-electron chi connectivity index (χ4n) is 1.69. The molecule has 0 spiro atoms. The Labute approximate surface area is 115 Å². The molecule has 4 nitrogen and oxygen atoms in total. The molecule has 2 atom stereocenters. The molecule has 1 aromatic rings. The molecule has 0 bridgehead atoms. The largest absolute Gasteiger partial charge is 0.492 e. The van der Waals surface area contributed by atoms with Crippen LogP contribution in [0.5, 0.6) is 11.5 Å². The van der Waals surface area contributed by atoms with E-state index in [0.29, 0.717) is 28.1 Å². The van der Waals surface area contributed by atoms with E-state index in [1.807, 2.05) is 6.92 Å². The fourth-order valence-corrected chi connectivity index (χ4v) is 2.31. The van der Waals surface area contributed by atoms with E-state index < -0.39 is 12.0 Å². The topological polar surface area (TPSA) is 62.5 Å². The van der Waals surface area contributed by atoms with Crippen molar-refractivity contribution in [1.29, 1.82) is 5.26 Å². The zero-order valence-corrected chi connectivity index (χ0v) is 12.2. The van der Waals surface area contributed by atoms with Gasteiger partial charge in [-0.1, -0.05) is 0 Å². The van der Waals surface area contributed by atoms with E-state index in [2.05, 4.69) is 22.0 Å². The average Bonchev–Trinajstić information content (AvgIpc) is 2.29. The van der Waals surface area contributed by atoms with Crippen molar-refractivity contribution in [2.75, 3.05) is 13.7 Å². The van der Waals surface area contributed by atoms with Crippen LogP contribution in [0.3, 0.4) is 0 Å². The second-order valence-corrected chi connectivity index (χ2v) is 4.67. The van der Waals surface area contributed by atoms with Gasteiger partial charge in [-0.3, -0.25) is 0 Å². The van der Waals surface area contributed by atoms with Crippen LogP contribution in [0.1, 0.15) is 25.3 Å². The Morgan fingerprint density at radius 3 is 2.61 bits per heavy atom. The average molecular weight is 314 g/mol. The van der Waals surface area contributed by atoms with Crippen LogP contribution in [0, 0.1) is 11.3 Å². The number of halogens is 1. The molecule has 2 unspecified atom stereocenters. The minimum atomic E-state index is -0.746. The summed E-state index contributed by atoms with van der Waals surface area (Å²) in [5.41, 5.74) is 0.698. The van der Waals surface area contributed by atoms with E-state index in [1.165, 1.54) is 0 Å². The molecular formula is C13H16BrNO3. The first kappa shape index (κ1) is 14.8. The maximum atomic E-state index is 9.59. The Morgan fingerprint density at radius 1 is 1.50 bits per heavy atom. The number of aliphatic hydroxyl groups excluding tert-OH is 1. The van der Waals surface area contributed by atoms with Crippen LogP contribution < -0.4 is 9.47 Å². The van der Waals surface area contributed by atoms with Gasteiger partial charge in [0, 0.05) is 0 Å². The molecule has 0 heterocycles. The van der Waals surface area contributed by atoms with Gasteiger partial charge in [0.2, 0.25) is 0 Å². The molecule has 98 valence electrons. The van der Waals surface area contributed by atoms with E-state index >= 15 is 0 Å². The third-order valence-corrected chi connectivity index (χ3v) is 3.11. The second-order valence-electron chi connectivity index (χ2n) is 3.81. The lowest BCUT2D eigenvalue weighted by atomic mass is 9.95. The molecule has 0 fully saturated rings. The summed E-state index contributed by atoms with van der Waals surface area (Å²) < 4.78 is 11.4. The number of ether oxygens (including phenoxy) is 2. The van der Waals surface area contributed by atoms with Gasteiger partial charge in [-0.15, -0.1) is 0 Å². The van der Waals surface area contributed by atoms with Crippen LogP contribution in [0.15, 0.2) is 16.6 Å². The van der Waals surface area contributed by atoms with E-state index in [4.69, 9.17) is 14.7 Å². The van der Waals surface area contributed by atoms with Crippen LogP contribution in [-0.4, -0.2) is 24.9 Å². The fraction of sp³-hybridized carbons (Fsp3) is 0.462. The predicted molar refractivity (Wildman–Crippen MR) is 71.9 cm³/mol. The first-order valence-electron chi connectivity index (χ1n) is 5.63. The summed E-state index contributed by atoms with van der Waals surface area (Å²) in [6, 6.07) is 5.58. The normalized spacial score (nSPS) is 13.6. The standard InChI is InChI=1S/C13H16BrNO3/c1-4-18-12-6-9(10(7-15)8(2)16)5-11(14)13(12)17-3/h5-6,8,10,16H,4H2,1-3H3. The van der Waals surface area contributed by atoms with Crippen molar-refractivity contribution in [2.45, 2.75) is 25.9 Å². The number of hydrogen-bond donors (Lipinski definition) is 1. The third kappa shape index (κ3) is 3.15. The number of nitrogens with zero attached hydrogens (tertiary/aromatic N) is 1. The summed E-state index contributed by atoms with van der Waals surface area (Å²) in [5, 5.41) is 18.7. The Kier molecular flexibility index (Phi) is 5.45. The Hall–Kier alpha value is -1.25. The molecule has 0 saturated heterocycles. The number of methoxy groups -OCH3 is 1. The molecule has 0 aliphatic heterocycles. The molecule has 5 heteroatoms. The van der Waals surface area contributed by atoms with Crippen LogP contribution >= 0.6 is 15.9 Å². The summed E-state index contributed by atoms with van der Waals surface area (Å²) in [6.07, 6.45) is -0.746. The highest BCUT2D eigenvalue weighted by Crippen LogP contribution is 2.38. The number of hydrogen-bond acceptors (Lipinski definition) is 4. The maximum Gasteiger partial charge on any atom is 0.174 e. The molecule has 0 aliphatic rings.